The third-order valence-corrected chi connectivity index (χ3v) is 4.16. The number of benzene rings is 1. The first-order valence-corrected chi connectivity index (χ1v) is 7.68. The molecule has 0 radical (unpaired) electrons. The Morgan fingerprint density at radius 1 is 1.50 bits per heavy atom. The van der Waals surface area contributed by atoms with Crippen LogP contribution in [-0.2, 0) is 11.2 Å². The number of carbonyl (C=O) groups is 1. The van der Waals surface area contributed by atoms with Crippen LogP contribution in [-0.4, -0.2) is 24.0 Å². The van der Waals surface area contributed by atoms with Crippen LogP contribution in [0.1, 0.15) is 38.7 Å². The van der Waals surface area contributed by atoms with Gasteiger partial charge in [-0.2, -0.15) is 0 Å². The summed E-state index contributed by atoms with van der Waals surface area (Å²) in [5, 5.41) is 7.19. The van der Waals surface area contributed by atoms with Crippen LogP contribution in [0.3, 0.4) is 0 Å². The third-order valence-electron chi connectivity index (χ3n) is 3.93. The molecule has 2 rings (SSSR count). The second-order valence-corrected chi connectivity index (χ2v) is 6.36. The molecular formula is C16H23ClN2O. The van der Waals surface area contributed by atoms with Gasteiger partial charge in [0.15, 0.2) is 0 Å². The van der Waals surface area contributed by atoms with Crippen LogP contribution in [0.25, 0.3) is 0 Å². The molecule has 0 aliphatic carbocycles. The van der Waals surface area contributed by atoms with Crippen molar-refractivity contribution >= 4 is 17.5 Å². The van der Waals surface area contributed by atoms with Crippen LogP contribution >= 0.6 is 11.6 Å². The fraction of sp³-hybridized carbons (Fsp3) is 0.562. The van der Waals surface area contributed by atoms with Gasteiger partial charge < -0.3 is 10.6 Å². The fourth-order valence-corrected chi connectivity index (χ4v) is 2.91. The van der Waals surface area contributed by atoms with Gasteiger partial charge in [0.05, 0.1) is 5.54 Å². The number of nitrogens with one attached hydrogen (secondary N) is 2. The Bertz CT molecular complexity index is 469. The zero-order valence-electron chi connectivity index (χ0n) is 12.2. The highest BCUT2D eigenvalue weighted by atomic mass is 35.5. The van der Waals surface area contributed by atoms with E-state index in [1.54, 1.807) is 0 Å². The molecule has 110 valence electrons. The van der Waals surface area contributed by atoms with Gasteiger partial charge in [0.25, 0.3) is 0 Å². The van der Waals surface area contributed by atoms with Crippen molar-refractivity contribution in [2.45, 2.75) is 51.1 Å². The number of rotatable bonds is 4. The Hall–Kier alpha value is -1.06. The maximum Gasteiger partial charge on any atom is 0.240 e. The van der Waals surface area contributed by atoms with Crippen molar-refractivity contribution in [1.29, 1.82) is 0 Å². The van der Waals surface area contributed by atoms with Crippen molar-refractivity contribution < 1.29 is 4.79 Å². The molecule has 0 aromatic heterocycles. The molecule has 0 saturated carbocycles. The first kappa shape index (κ1) is 15.3. The number of piperidine rings is 1. The van der Waals surface area contributed by atoms with E-state index in [1.807, 2.05) is 38.1 Å². The number of carbonyl (C=O) groups excluding carboxylic acids is 1. The lowest BCUT2D eigenvalue weighted by Crippen LogP contribution is -2.58. The molecule has 1 heterocycles. The highest BCUT2D eigenvalue weighted by molar-refractivity contribution is 6.30. The molecule has 3 nitrogen and oxygen atoms in total. The molecule has 4 heteroatoms. The predicted octanol–water partition coefficient (Wildman–Crippen LogP) is 2.92. The van der Waals surface area contributed by atoms with Gasteiger partial charge in [-0.1, -0.05) is 23.7 Å². The van der Waals surface area contributed by atoms with Crippen molar-refractivity contribution in [3.8, 4) is 0 Å². The lowest BCUT2D eigenvalue weighted by atomic mass is 9.89. The molecule has 0 spiro atoms. The van der Waals surface area contributed by atoms with Gasteiger partial charge in [-0.15, -0.1) is 0 Å². The second kappa shape index (κ2) is 6.59. The van der Waals surface area contributed by atoms with Gasteiger partial charge in [0.1, 0.15) is 0 Å². The largest absolute Gasteiger partial charge is 0.352 e. The summed E-state index contributed by atoms with van der Waals surface area (Å²) in [5.41, 5.74) is 0.730. The topological polar surface area (TPSA) is 41.1 Å². The van der Waals surface area contributed by atoms with Gasteiger partial charge in [-0.05, 0) is 63.8 Å². The smallest absolute Gasteiger partial charge is 0.240 e. The van der Waals surface area contributed by atoms with Gasteiger partial charge in [-0.25, -0.2) is 0 Å². The first-order valence-electron chi connectivity index (χ1n) is 7.30. The molecule has 2 unspecified atom stereocenters. The normalized spacial score (nSPS) is 24.1. The molecule has 1 aliphatic rings. The molecule has 1 amide bonds. The summed E-state index contributed by atoms with van der Waals surface area (Å²) in [4.78, 5) is 12.4. The van der Waals surface area contributed by atoms with E-state index in [9.17, 15) is 4.79 Å². The highest BCUT2D eigenvalue weighted by Gasteiger charge is 2.34. The molecule has 2 N–H and O–H groups in total. The van der Waals surface area contributed by atoms with Crippen LogP contribution < -0.4 is 10.6 Å². The Balaban J connectivity index is 1.90. The van der Waals surface area contributed by atoms with E-state index in [-0.39, 0.29) is 11.9 Å². The number of amides is 1. The maximum absolute atomic E-state index is 12.4. The van der Waals surface area contributed by atoms with Crippen LogP contribution in [0.4, 0.5) is 0 Å². The van der Waals surface area contributed by atoms with E-state index < -0.39 is 5.54 Å². The van der Waals surface area contributed by atoms with Crippen molar-refractivity contribution in [2.24, 2.45) is 0 Å². The van der Waals surface area contributed by atoms with Crippen LogP contribution in [0, 0.1) is 0 Å². The van der Waals surface area contributed by atoms with Gasteiger partial charge >= 0.3 is 0 Å². The third kappa shape index (κ3) is 3.97. The van der Waals surface area contributed by atoms with E-state index in [0.29, 0.717) is 0 Å². The molecule has 1 aliphatic heterocycles. The molecule has 1 aromatic rings. The summed E-state index contributed by atoms with van der Waals surface area (Å²) in [6.45, 7) is 4.95. The van der Waals surface area contributed by atoms with Crippen molar-refractivity contribution in [2.75, 3.05) is 6.54 Å². The van der Waals surface area contributed by atoms with E-state index in [4.69, 9.17) is 11.6 Å². The lowest BCUT2D eigenvalue weighted by molar-refractivity contribution is -0.128. The molecule has 1 fully saturated rings. The fourth-order valence-electron chi connectivity index (χ4n) is 2.70. The summed E-state index contributed by atoms with van der Waals surface area (Å²) in [7, 11) is 0. The summed E-state index contributed by atoms with van der Waals surface area (Å²) >= 11 is 5.98. The van der Waals surface area contributed by atoms with Gasteiger partial charge in [0, 0.05) is 11.1 Å². The molecule has 1 aromatic carbocycles. The van der Waals surface area contributed by atoms with Crippen LogP contribution in [0.15, 0.2) is 24.3 Å². The maximum atomic E-state index is 12.4. The standard InChI is InChI=1S/C16H23ClN2O/c1-12(10-13-6-5-7-14(17)11-13)19-15(20)16(2)8-3-4-9-18-16/h5-7,11-12,18H,3-4,8-10H2,1-2H3,(H,19,20). The molecule has 2 atom stereocenters. The predicted molar refractivity (Wildman–Crippen MR) is 83.0 cm³/mol. The van der Waals surface area contributed by atoms with Crippen LogP contribution in [0.5, 0.6) is 0 Å². The average Bonchev–Trinajstić information content (AvgIpc) is 2.39. The Kier molecular flexibility index (Phi) is 5.06. The molecule has 20 heavy (non-hydrogen) atoms. The highest BCUT2D eigenvalue weighted by Crippen LogP contribution is 2.19. The Morgan fingerprint density at radius 2 is 2.30 bits per heavy atom. The van der Waals surface area contributed by atoms with E-state index in [2.05, 4.69) is 10.6 Å². The zero-order chi connectivity index (χ0) is 14.6. The average molecular weight is 295 g/mol. The summed E-state index contributed by atoms with van der Waals surface area (Å²) in [5.74, 6) is 0.103. The minimum Gasteiger partial charge on any atom is -0.352 e. The van der Waals surface area contributed by atoms with Crippen molar-refractivity contribution in [1.82, 2.24) is 10.6 Å². The monoisotopic (exact) mass is 294 g/mol. The second-order valence-electron chi connectivity index (χ2n) is 5.92. The lowest BCUT2D eigenvalue weighted by Gasteiger charge is -2.34. The summed E-state index contributed by atoms with van der Waals surface area (Å²) in [6, 6.07) is 7.89. The summed E-state index contributed by atoms with van der Waals surface area (Å²) in [6.07, 6.45) is 3.96. The number of hydrogen-bond donors (Lipinski definition) is 2. The van der Waals surface area contributed by atoms with Gasteiger partial charge in [-0.3, -0.25) is 4.79 Å². The van der Waals surface area contributed by atoms with Gasteiger partial charge in [0.2, 0.25) is 5.91 Å². The first-order chi connectivity index (χ1) is 9.49. The minimum atomic E-state index is -0.416. The minimum absolute atomic E-state index is 0.0986. The molecular weight excluding hydrogens is 272 g/mol. The Morgan fingerprint density at radius 3 is 2.95 bits per heavy atom. The Labute approximate surface area is 126 Å². The number of halogens is 1. The van der Waals surface area contributed by atoms with Crippen molar-refractivity contribution in [3.63, 3.8) is 0 Å². The zero-order valence-corrected chi connectivity index (χ0v) is 13.0. The van der Waals surface area contributed by atoms with Crippen LogP contribution in [0.2, 0.25) is 5.02 Å². The van der Waals surface area contributed by atoms with E-state index in [1.165, 1.54) is 0 Å². The molecule has 1 saturated heterocycles. The molecule has 0 bridgehead atoms. The summed E-state index contributed by atoms with van der Waals surface area (Å²) < 4.78 is 0. The van der Waals surface area contributed by atoms with E-state index in [0.717, 1.165) is 42.8 Å². The number of hydrogen-bond acceptors (Lipinski definition) is 2. The SMILES string of the molecule is CC(Cc1cccc(Cl)c1)NC(=O)C1(C)CCCCN1. The quantitative estimate of drug-likeness (QED) is 0.896. The van der Waals surface area contributed by atoms with Crippen molar-refractivity contribution in [3.05, 3.63) is 34.9 Å². The van der Waals surface area contributed by atoms with E-state index >= 15 is 0 Å².